The fraction of sp³-hybridized carbons (Fsp3) is 0.646. The van der Waals surface area contributed by atoms with Gasteiger partial charge in [-0.05, 0) is 143 Å². The average molecular weight is 1930 g/mol. The molecule has 5 aliphatic heterocycles. The van der Waals surface area contributed by atoms with E-state index in [0.717, 1.165) is 60.7 Å². The van der Waals surface area contributed by atoms with Gasteiger partial charge >= 0.3 is 40.5 Å². The Hall–Kier alpha value is -7.54. The zero-order chi connectivity index (χ0) is 97.7. The standard InChI is InChI=1S/C17H25F3N3O6P.2C16H26N3O6P.C15H26N3O5P.C15H25N2O5P/c1-22(15(27)17(18,19)20)7-9-8-23(16(28)21-13(9)26)14-12(25)11(24)10(29-14)5-6-30(2,3)4;2*1-9(20)17-7-10-8-19(16(24)18-14(10)23)15-13(22)12(21)11(25-15)5-6-26(2,3)4;1-16-7-9-8-18(15(22)17-13(9)21)14-12(20)11(19)10(23-14)5-6-24(2,3)4;1-5-9-8-17(15(21)16-13(9)20)14-12(19)11(18)10(22-14)6-7-23(2,3)4/h8,10-12,14,24-25H,2,5-7H2,1,3-4H3,(H,21,26,28);2*8,11-13,15,21-22H,2,5-7H2,1,3-4H3,(H,17,20)(H,18,23,24);8,10-12,14,16,19-20H,2,5-7H2,1,3-4H3,(H,17,21,22);8,10-12,14,18-19H,2,5-7H2,1,3-4H3,(H,16,20,21)/t10-,11-,12-,14-;2*11-,12-,13-,15-;2*10-,11-,12-,14-/m11111/s1. The second kappa shape index (κ2) is 45.9. The van der Waals surface area contributed by atoms with E-state index in [4.69, 9.17) is 23.7 Å². The number of nitrogens with one attached hydrogen (secondary N) is 8. The van der Waals surface area contributed by atoms with Crippen LogP contribution in [0.1, 0.15) is 112 Å². The molecule has 10 rings (SSSR count). The lowest BCUT2D eigenvalue weighted by Gasteiger charge is -2.21. The molecule has 728 valence electrons. The van der Waals surface area contributed by atoms with E-state index in [9.17, 15) is 127 Å². The number of aryl methyl sites for hydroxylation is 1. The van der Waals surface area contributed by atoms with E-state index in [2.05, 4.69) is 121 Å². The summed E-state index contributed by atoms with van der Waals surface area (Å²) < 4.78 is 71.4. The van der Waals surface area contributed by atoms with Crippen LogP contribution in [0.25, 0.3) is 0 Å². The van der Waals surface area contributed by atoms with Crippen molar-refractivity contribution in [1.82, 2.24) is 68.6 Å². The van der Waals surface area contributed by atoms with Crippen molar-refractivity contribution in [2.75, 3.05) is 112 Å². The number of aliphatic hydroxyl groups excluding tert-OH is 10. The van der Waals surface area contributed by atoms with Crippen LogP contribution in [0.2, 0.25) is 0 Å². The summed E-state index contributed by atoms with van der Waals surface area (Å²) in [7, 11) is 2.54. The molecule has 5 aliphatic rings. The van der Waals surface area contributed by atoms with Gasteiger partial charge in [0.15, 0.2) is 31.1 Å². The van der Waals surface area contributed by atoms with Crippen molar-refractivity contribution < 1.29 is 102 Å². The fourth-order valence-corrected chi connectivity index (χ4v) is 18.6. The van der Waals surface area contributed by atoms with Crippen LogP contribution >= 0.6 is 34.4 Å². The number of H-pyrrole nitrogens is 5. The van der Waals surface area contributed by atoms with Crippen molar-refractivity contribution >= 4 is 83.6 Å². The minimum absolute atomic E-state index is 0.0695. The lowest BCUT2D eigenvalue weighted by Crippen LogP contribution is -2.42. The minimum atomic E-state index is -5.12. The van der Waals surface area contributed by atoms with E-state index in [1.54, 1.807) is 14.0 Å². The molecule has 0 saturated carbocycles. The van der Waals surface area contributed by atoms with Gasteiger partial charge in [-0.15, -0.1) is 65.9 Å². The first-order valence-corrected chi connectivity index (χ1v) is 56.3. The monoisotopic (exact) mass is 1930 g/mol. The van der Waals surface area contributed by atoms with E-state index < -0.39 is 232 Å². The Balaban J connectivity index is 0.000000249. The number of ether oxygens (including phenoxy) is 5. The molecule has 5 aromatic heterocycles. The molecule has 0 bridgehead atoms. The van der Waals surface area contributed by atoms with Crippen LogP contribution in [0.3, 0.4) is 0 Å². The van der Waals surface area contributed by atoms with Gasteiger partial charge < -0.3 is 95.6 Å². The summed E-state index contributed by atoms with van der Waals surface area (Å²) in [5, 5.41) is 110. The number of amides is 3. The van der Waals surface area contributed by atoms with Crippen molar-refractivity contribution in [3.8, 4) is 0 Å². The van der Waals surface area contributed by atoms with Crippen LogP contribution in [-0.2, 0) is 70.7 Å². The number of aromatic nitrogens is 10. The molecule has 5 fully saturated rings. The van der Waals surface area contributed by atoms with Gasteiger partial charge in [-0.3, -0.25) is 86.1 Å². The lowest BCUT2D eigenvalue weighted by molar-refractivity contribution is -0.184. The third-order valence-electron chi connectivity index (χ3n) is 21.2. The number of hydrogen-bond acceptors (Lipinski definition) is 29. The van der Waals surface area contributed by atoms with Crippen LogP contribution in [-0.4, -0.2) is 362 Å². The summed E-state index contributed by atoms with van der Waals surface area (Å²) in [6, 6.07) is 0. The Bertz CT molecular complexity index is 5500. The molecule has 5 aromatic rings. The second-order valence-electron chi connectivity index (χ2n) is 35.9. The van der Waals surface area contributed by atoms with Gasteiger partial charge in [0.05, 0.1) is 53.8 Å². The summed E-state index contributed by atoms with van der Waals surface area (Å²) in [5.74, 6) is -2.81. The highest BCUT2D eigenvalue weighted by atomic mass is 31.2. The van der Waals surface area contributed by atoms with Crippen LogP contribution in [0.15, 0.2) is 78.9 Å². The Morgan fingerprint density at radius 1 is 0.380 bits per heavy atom. The lowest BCUT2D eigenvalue weighted by atomic mass is 10.1. The molecule has 0 aliphatic carbocycles. The molecule has 0 aromatic carbocycles. The summed E-state index contributed by atoms with van der Waals surface area (Å²) in [6.07, 6.45) is 7.10. The van der Waals surface area contributed by atoms with Gasteiger partial charge in [-0.1, -0.05) is 6.92 Å². The molecule has 0 spiro atoms. The zero-order valence-corrected chi connectivity index (χ0v) is 79.4. The fourth-order valence-electron chi connectivity index (χ4n) is 13.9. The molecule has 10 heterocycles. The predicted octanol–water partition coefficient (Wildman–Crippen LogP) is -3.65. The topological polar surface area (TPSA) is 613 Å². The largest absolute Gasteiger partial charge is 0.471 e. The molecule has 50 heteroatoms. The third-order valence-corrected chi connectivity index (χ3v) is 28.5. The normalized spacial score (nSPS) is 26.4. The van der Waals surface area contributed by atoms with Crippen LogP contribution in [0.5, 0.6) is 0 Å². The van der Waals surface area contributed by atoms with E-state index in [1.807, 2.05) is 18.3 Å². The first-order valence-electron chi connectivity index (χ1n) is 41.0. The number of aliphatic hydroxyl groups is 10. The number of halogens is 3. The molecule has 129 heavy (non-hydrogen) atoms. The van der Waals surface area contributed by atoms with Gasteiger partial charge in [0, 0.05) is 82.6 Å². The Labute approximate surface area is 740 Å². The van der Waals surface area contributed by atoms with Crippen molar-refractivity contribution in [1.29, 1.82) is 0 Å². The van der Waals surface area contributed by atoms with Gasteiger partial charge in [0.2, 0.25) is 11.8 Å². The Morgan fingerprint density at radius 3 is 0.783 bits per heavy atom. The summed E-state index contributed by atoms with van der Waals surface area (Å²) in [6.45, 7) is 17.7. The van der Waals surface area contributed by atoms with E-state index >= 15 is 0 Å². The molecule has 5 saturated heterocycles. The van der Waals surface area contributed by atoms with E-state index in [-0.39, 0.29) is 53.0 Å². The SMILES string of the molecule is C=P(C)(C)CC[C@H]1O[C@@H](n2cc(CC)c(=O)[nH]c2=O)[C@H](O)[C@@H]1O.C=P(C)(C)CC[C@H]1O[C@@H](n2cc(CN(C)C(=O)C(F)(F)F)c(=O)[nH]c2=O)[C@H](O)[C@@H]1O.C=P(C)(C)CC[C@H]1O[C@@H](n2cc(CNC(C)=O)c(=O)[nH]c2=O)[C@H](O)[C@@H]1O.C=P(C)(C)CC[C@H]1O[C@@H](n2cc(CNC(C)=O)c(=O)[nH]c2=O)[C@H](O)[C@@H]1O.C=P(C)(C)CC[C@H]1O[C@@H](n2cc(CNC)c(=O)[nH]c2=O)[C@H](O)[C@@H]1O. The zero-order valence-electron chi connectivity index (χ0n) is 74.9. The van der Waals surface area contributed by atoms with Crippen molar-refractivity contribution in [2.24, 2.45) is 0 Å². The second-order valence-corrected chi connectivity index (χ2v) is 57.5. The molecule has 20 atom stereocenters. The highest BCUT2D eigenvalue weighted by Crippen LogP contribution is 2.44. The number of carbonyl (C=O) groups is 3. The van der Waals surface area contributed by atoms with Crippen molar-refractivity contribution in [3.63, 3.8) is 0 Å². The Morgan fingerprint density at radius 2 is 0.581 bits per heavy atom. The van der Waals surface area contributed by atoms with E-state index in [1.165, 1.54) is 38.6 Å². The maximum atomic E-state index is 12.6. The molecular formula is C79H128F3N14O28P5. The first kappa shape index (κ1) is 110. The molecule has 42 nitrogen and oxygen atoms in total. The number of rotatable bonds is 29. The molecule has 3 amide bonds. The number of carbonyl (C=O) groups excluding carboxylic acids is 3. The van der Waals surface area contributed by atoms with Gasteiger partial charge in [-0.25, -0.2) is 24.0 Å². The minimum Gasteiger partial charge on any atom is -0.388 e. The van der Waals surface area contributed by atoms with Crippen LogP contribution in [0.4, 0.5) is 13.2 Å². The number of aromatic amines is 5. The highest BCUT2D eigenvalue weighted by Gasteiger charge is 2.50. The van der Waals surface area contributed by atoms with Gasteiger partial charge in [0.25, 0.3) is 27.8 Å². The maximum Gasteiger partial charge on any atom is 0.471 e. The van der Waals surface area contributed by atoms with Gasteiger partial charge in [-0.2, -0.15) is 13.2 Å². The molecule has 18 N–H and O–H groups in total. The molecule has 0 unspecified atom stereocenters. The summed E-state index contributed by atoms with van der Waals surface area (Å²) in [5.41, 5.74) is -6.30. The van der Waals surface area contributed by atoms with Crippen LogP contribution in [0, 0.1) is 0 Å². The molecular weight excluding hydrogens is 1800 g/mol. The van der Waals surface area contributed by atoms with Gasteiger partial charge in [0.1, 0.15) is 61.0 Å². The Kier molecular flexibility index (Phi) is 39.2. The summed E-state index contributed by atoms with van der Waals surface area (Å²) in [4.78, 5) is 164. The highest BCUT2D eigenvalue weighted by molar-refractivity contribution is 7.73. The molecule has 0 radical (unpaired) electrons. The smallest absolute Gasteiger partial charge is 0.388 e. The van der Waals surface area contributed by atoms with Crippen LogP contribution < -0.4 is 72.2 Å². The van der Waals surface area contributed by atoms with Crippen molar-refractivity contribution in [2.45, 2.75) is 214 Å². The van der Waals surface area contributed by atoms with E-state index in [0.29, 0.717) is 55.8 Å². The average Bonchev–Trinajstić information content (AvgIpc) is 1.68. The number of hydrogen-bond donors (Lipinski definition) is 18. The predicted molar refractivity (Wildman–Crippen MR) is 493 cm³/mol. The first-order chi connectivity index (χ1) is 59.4. The number of nitrogens with zero attached hydrogens (tertiary/aromatic N) is 6. The summed E-state index contributed by atoms with van der Waals surface area (Å²) >= 11 is 0. The van der Waals surface area contributed by atoms with Crippen molar-refractivity contribution in [3.05, 3.63) is 163 Å². The quantitative estimate of drug-likeness (QED) is 0.0205. The maximum absolute atomic E-state index is 12.6. The number of alkyl halides is 3. The third kappa shape index (κ3) is 31.6.